The topological polar surface area (TPSA) is 66.5 Å². The minimum Gasteiger partial charge on any atom is -0.337 e. The van der Waals surface area contributed by atoms with Crippen LogP contribution in [0.4, 0.5) is 5.69 Å². The number of hydrogen-bond donors (Lipinski definition) is 1. The van der Waals surface area contributed by atoms with Crippen LogP contribution in [0.5, 0.6) is 0 Å². The summed E-state index contributed by atoms with van der Waals surface area (Å²) in [6, 6.07) is 20.7. The Labute approximate surface area is 153 Å². The summed E-state index contributed by atoms with van der Waals surface area (Å²) in [6.07, 6.45) is 1.08. The van der Waals surface area contributed by atoms with E-state index < -0.39 is 10.0 Å². The zero-order valence-corrected chi connectivity index (χ0v) is 15.5. The molecule has 0 unspecified atom stereocenters. The van der Waals surface area contributed by atoms with Gasteiger partial charge in [-0.2, -0.15) is 0 Å². The van der Waals surface area contributed by atoms with E-state index in [1.807, 2.05) is 36.4 Å². The maximum atomic E-state index is 12.7. The summed E-state index contributed by atoms with van der Waals surface area (Å²) >= 11 is 0. The van der Waals surface area contributed by atoms with Crippen molar-refractivity contribution in [2.75, 3.05) is 18.0 Å². The van der Waals surface area contributed by atoms with Crippen molar-refractivity contribution in [1.82, 2.24) is 4.90 Å². The number of nitrogens with zero attached hydrogens (tertiary/aromatic N) is 1. The van der Waals surface area contributed by atoms with Crippen molar-refractivity contribution in [3.05, 3.63) is 77.9 Å². The maximum Gasteiger partial charge on any atom is 0.253 e. The van der Waals surface area contributed by atoms with Crippen LogP contribution in [0.1, 0.15) is 15.9 Å². The van der Waals surface area contributed by atoms with Crippen LogP contribution in [0.2, 0.25) is 0 Å². The molecule has 1 N–H and O–H groups in total. The van der Waals surface area contributed by atoms with E-state index in [4.69, 9.17) is 0 Å². The molecule has 5 nitrogen and oxygen atoms in total. The van der Waals surface area contributed by atoms with Crippen LogP contribution in [0, 0.1) is 0 Å². The number of carbonyl (C=O) groups is 1. The molecule has 0 aliphatic carbocycles. The minimum atomic E-state index is -3.38. The predicted molar refractivity (Wildman–Crippen MR) is 105 cm³/mol. The number of amides is 1. The van der Waals surface area contributed by atoms with E-state index >= 15 is 0 Å². The summed E-state index contributed by atoms with van der Waals surface area (Å²) in [5.41, 5.74) is 1.84. The van der Waals surface area contributed by atoms with Gasteiger partial charge in [0.15, 0.2) is 0 Å². The lowest BCUT2D eigenvalue weighted by Crippen LogP contribution is -2.26. The maximum absolute atomic E-state index is 12.7. The van der Waals surface area contributed by atoms with E-state index in [-0.39, 0.29) is 5.91 Å². The Morgan fingerprint density at radius 3 is 2.42 bits per heavy atom. The second-order valence-corrected chi connectivity index (χ2v) is 8.05. The summed E-state index contributed by atoms with van der Waals surface area (Å²) in [5.74, 6) is -0.171. The van der Waals surface area contributed by atoms with Gasteiger partial charge in [-0.05, 0) is 40.6 Å². The van der Waals surface area contributed by atoms with Crippen LogP contribution in [0.3, 0.4) is 0 Å². The molecule has 3 aromatic rings. The molecule has 0 aromatic heterocycles. The van der Waals surface area contributed by atoms with Gasteiger partial charge in [-0.3, -0.25) is 9.52 Å². The summed E-state index contributed by atoms with van der Waals surface area (Å²) in [7, 11) is -1.65. The monoisotopic (exact) mass is 368 g/mol. The van der Waals surface area contributed by atoms with Gasteiger partial charge in [0.1, 0.15) is 0 Å². The first-order chi connectivity index (χ1) is 12.3. The zero-order valence-electron chi connectivity index (χ0n) is 14.6. The lowest BCUT2D eigenvalue weighted by atomic mass is 10.1. The van der Waals surface area contributed by atoms with Gasteiger partial charge < -0.3 is 4.90 Å². The Balaban J connectivity index is 1.77. The molecule has 3 rings (SSSR count). The molecule has 0 saturated heterocycles. The Morgan fingerprint density at radius 2 is 1.69 bits per heavy atom. The van der Waals surface area contributed by atoms with Gasteiger partial charge in [0.25, 0.3) is 5.91 Å². The fraction of sp³-hybridized carbons (Fsp3) is 0.150. The van der Waals surface area contributed by atoms with Gasteiger partial charge in [-0.15, -0.1) is 0 Å². The number of hydrogen-bond acceptors (Lipinski definition) is 3. The predicted octanol–water partition coefficient (Wildman–Crippen LogP) is 3.48. The molecule has 0 heterocycles. The molecule has 0 atom stereocenters. The quantitative estimate of drug-likeness (QED) is 0.750. The smallest absolute Gasteiger partial charge is 0.253 e. The third-order valence-corrected chi connectivity index (χ3v) is 4.60. The molecule has 134 valence electrons. The fourth-order valence-electron chi connectivity index (χ4n) is 2.83. The molecule has 0 aliphatic rings. The molecule has 0 bridgehead atoms. The van der Waals surface area contributed by atoms with E-state index in [0.29, 0.717) is 17.8 Å². The van der Waals surface area contributed by atoms with Crippen LogP contribution in [-0.2, 0) is 16.6 Å². The number of rotatable bonds is 5. The van der Waals surface area contributed by atoms with Crippen molar-refractivity contribution >= 4 is 32.4 Å². The molecule has 0 saturated carbocycles. The second kappa shape index (κ2) is 7.17. The van der Waals surface area contributed by atoms with E-state index in [9.17, 15) is 13.2 Å². The first kappa shape index (κ1) is 17.9. The third-order valence-electron chi connectivity index (χ3n) is 3.99. The van der Waals surface area contributed by atoms with E-state index in [2.05, 4.69) is 10.8 Å². The standard InChI is InChI=1S/C20H20N2O3S/c1-22(14-15-10-11-16-6-3-4-7-17(16)12-15)20(23)18-8-5-9-19(13-18)21-26(2,24)25/h3-13,21H,14H2,1-2H3. The van der Waals surface area contributed by atoms with Crippen molar-refractivity contribution in [1.29, 1.82) is 0 Å². The summed E-state index contributed by atoms with van der Waals surface area (Å²) in [5, 5.41) is 2.29. The zero-order chi connectivity index (χ0) is 18.7. The average molecular weight is 368 g/mol. The highest BCUT2D eigenvalue weighted by molar-refractivity contribution is 7.92. The molecule has 0 spiro atoms. The summed E-state index contributed by atoms with van der Waals surface area (Å²) in [6.45, 7) is 0.466. The van der Waals surface area contributed by atoms with Crippen molar-refractivity contribution in [2.45, 2.75) is 6.54 Å². The molecular formula is C20H20N2O3S. The number of sulfonamides is 1. The van der Waals surface area contributed by atoms with Crippen molar-refractivity contribution in [3.8, 4) is 0 Å². The second-order valence-electron chi connectivity index (χ2n) is 6.30. The van der Waals surface area contributed by atoms with Gasteiger partial charge in [-0.1, -0.05) is 42.5 Å². The molecule has 0 aliphatic heterocycles. The third kappa shape index (κ3) is 4.40. The first-order valence-corrected chi connectivity index (χ1v) is 10.0. The molecule has 26 heavy (non-hydrogen) atoms. The number of carbonyl (C=O) groups excluding carboxylic acids is 1. The van der Waals surface area contributed by atoms with Crippen LogP contribution in [0.15, 0.2) is 66.7 Å². The highest BCUT2D eigenvalue weighted by atomic mass is 32.2. The first-order valence-electron chi connectivity index (χ1n) is 8.13. The summed E-state index contributed by atoms with van der Waals surface area (Å²) in [4.78, 5) is 14.3. The van der Waals surface area contributed by atoms with Crippen LogP contribution in [-0.4, -0.2) is 32.5 Å². The number of anilines is 1. The van der Waals surface area contributed by atoms with Crippen LogP contribution in [0.25, 0.3) is 10.8 Å². The largest absolute Gasteiger partial charge is 0.337 e. The van der Waals surface area contributed by atoms with Gasteiger partial charge >= 0.3 is 0 Å². The van der Waals surface area contributed by atoms with Gasteiger partial charge in [-0.25, -0.2) is 8.42 Å². The number of benzene rings is 3. The summed E-state index contributed by atoms with van der Waals surface area (Å²) < 4.78 is 25.1. The van der Waals surface area contributed by atoms with Gasteiger partial charge in [0.2, 0.25) is 10.0 Å². The van der Waals surface area contributed by atoms with Crippen molar-refractivity contribution in [2.24, 2.45) is 0 Å². The van der Waals surface area contributed by atoms with Gasteiger partial charge in [0.05, 0.1) is 6.26 Å². The SMILES string of the molecule is CN(Cc1ccc2ccccc2c1)C(=O)c1cccc(NS(C)(=O)=O)c1. The van der Waals surface area contributed by atoms with Gasteiger partial charge in [0, 0.05) is 24.8 Å². The molecular weight excluding hydrogens is 348 g/mol. The Morgan fingerprint density at radius 1 is 0.962 bits per heavy atom. The molecule has 0 fully saturated rings. The average Bonchev–Trinajstić information content (AvgIpc) is 2.59. The minimum absolute atomic E-state index is 0.171. The highest BCUT2D eigenvalue weighted by Crippen LogP contribution is 2.18. The lowest BCUT2D eigenvalue weighted by Gasteiger charge is -2.18. The molecule has 6 heteroatoms. The number of fused-ring (bicyclic) bond motifs is 1. The van der Waals surface area contributed by atoms with E-state index in [0.717, 1.165) is 22.6 Å². The van der Waals surface area contributed by atoms with E-state index in [1.54, 1.807) is 36.2 Å². The van der Waals surface area contributed by atoms with Crippen LogP contribution < -0.4 is 4.72 Å². The highest BCUT2D eigenvalue weighted by Gasteiger charge is 2.13. The van der Waals surface area contributed by atoms with E-state index in [1.165, 1.54) is 0 Å². The Hall–Kier alpha value is -2.86. The number of nitrogens with one attached hydrogen (secondary N) is 1. The molecule has 1 amide bonds. The van der Waals surface area contributed by atoms with Crippen molar-refractivity contribution in [3.63, 3.8) is 0 Å². The van der Waals surface area contributed by atoms with Crippen LogP contribution >= 0.6 is 0 Å². The molecule has 3 aromatic carbocycles. The Kier molecular flexibility index (Phi) is 4.95. The Bertz CT molecular complexity index is 1060. The molecule has 0 radical (unpaired) electrons. The lowest BCUT2D eigenvalue weighted by molar-refractivity contribution is 0.0785. The fourth-order valence-corrected chi connectivity index (χ4v) is 3.39. The normalized spacial score (nSPS) is 11.3. The van der Waals surface area contributed by atoms with Crippen molar-refractivity contribution < 1.29 is 13.2 Å².